The van der Waals surface area contributed by atoms with E-state index in [1.54, 1.807) is 0 Å². The lowest BCUT2D eigenvalue weighted by Crippen LogP contribution is -2.13. The highest BCUT2D eigenvalue weighted by atomic mass is 32.1. The van der Waals surface area contributed by atoms with Crippen LogP contribution in [0.2, 0.25) is 0 Å². The van der Waals surface area contributed by atoms with Crippen molar-refractivity contribution in [3.05, 3.63) is 0 Å². The van der Waals surface area contributed by atoms with Crippen LogP contribution < -0.4 is 0 Å². The Balaban J connectivity index is 2.09. The smallest absolute Gasteiger partial charge is 0.162 e. The highest BCUT2D eigenvalue weighted by Gasteiger charge is 2.37. The van der Waals surface area contributed by atoms with E-state index in [1.807, 2.05) is 0 Å². The molecule has 0 amide bonds. The third-order valence-electron chi connectivity index (χ3n) is 1.80. The number of thiocarbonyl (C=S) groups is 1. The van der Waals surface area contributed by atoms with E-state index in [0.29, 0.717) is 0 Å². The van der Waals surface area contributed by atoms with Gasteiger partial charge in [-0.2, -0.15) is 0 Å². The van der Waals surface area contributed by atoms with Crippen LogP contribution in [0.15, 0.2) is 0 Å². The second-order valence-corrected chi connectivity index (χ2v) is 2.89. The first-order valence-corrected chi connectivity index (χ1v) is 3.58. The zero-order chi connectivity index (χ0) is 6.27. The van der Waals surface area contributed by atoms with Crippen LogP contribution in [0.1, 0.15) is 12.8 Å². The number of rotatable bonds is 0. The average Bonchev–Trinajstić information content (AvgIpc) is 2.22. The topological polar surface area (TPSA) is 18.5 Å². The van der Waals surface area contributed by atoms with E-state index in [-0.39, 0.29) is 12.2 Å². The van der Waals surface area contributed by atoms with Crippen LogP contribution in [-0.4, -0.2) is 23.9 Å². The van der Waals surface area contributed by atoms with E-state index in [2.05, 4.69) is 0 Å². The van der Waals surface area contributed by atoms with Gasteiger partial charge in [-0.1, -0.05) is 0 Å². The molecule has 3 heteroatoms. The molecule has 2 nitrogen and oxygen atoms in total. The zero-order valence-corrected chi connectivity index (χ0v) is 5.82. The predicted octanol–water partition coefficient (Wildman–Crippen LogP) is 0.892. The Kier molecular flexibility index (Phi) is 1.20. The molecule has 2 fully saturated rings. The summed E-state index contributed by atoms with van der Waals surface area (Å²) < 4.78 is 10.6. The highest BCUT2D eigenvalue weighted by molar-refractivity contribution is 7.80. The first-order valence-electron chi connectivity index (χ1n) is 3.17. The van der Waals surface area contributed by atoms with Gasteiger partial charge in [-0.3, -0.25) is 0 Å². The van der Waals surface area contributed by atoms with Gasteiger partial charge in [0.05, 0.1) is 6.61 Å². The van der Waals surface area contributed by atoms with Crippen molar-refractivity contribution in [1.82, 2.24) is 0 Å². The molecule has 0 N–H and O–H groups in total. The standard InChI is InChI=1S/C6H8O2S/c9-6-3-5-4(8-6)1-2-7-5/h4-5H,1-3H2. The molecule has 0 aromatic carbocycles. The van der Waals surface area contributed by atoms with Crippen LogP contribution in [0.25, 0.3) is 0 Å². The molecule has 50 valence electrons. The molecular weight excluding hydrogens is 136 g/mol. The van der Waals surface area contributed by atoms with Crippen molar-refractivity contribution < 1.29 is 9.47 Å². The lowest BCUT2D eigenvalue weighted by molar-refractivity contribution is 0.0876. The van der Waals surface area contributed by atoms with E-state index in [4.69, 9.17) is 21.7 Å². The van der Waals surface area contributed by atoms with Gasteiger partial charge in [-0.25, -0.2) is 0 Å². The SMILES string of the molecule is S=C1CC2OCCC2O1. The van der Waals surface area contributed by atoms with Crippen molar-refractivity contribution in [3.8, 4) is 0 Å². The quantitative estimate of drug-likeness (QED) is 0.470. The van der Waals surface area contributed by atoms with Crippen LogP contribution in [0.5, 0.6) is 0 Å². The Morgan fingerprint density at radius 1 is 1.44 bits per heavy atom. The van der Waals surface area contributed by atoms with E-state index in [1.165, 1.54) is 0 Å². The van der Waals surface area contributed by atoms with Gasteiger partial charge in [0.15, 0.2) is 5.05 Å². The summed E-state index contributed by atoms with van der Waals surface area (Å²) in [6.07, 6.45) is 2.43. The molecule has 0 aliphatic carbocycles. The molecule has 2 saturated heterocycles. The molecule has 2 aliphatic heterocycles. The molecule has 2 atom stereocenters. The van der Waals surface area contributed by atoms with Gasteiger partial charge in [0.2, 0.25) is 0 Å². The molecule has 2 aliphatic rings. The van der Waals surface area contributed by atoms with Crippen molar-refractivity contribution >= 4 is 17.3 Å². The molecule has 2 rings (SSSR count). The maximum atomic E-state index is 5.33. The molecule has 0 spiro atoms. The van der Waals surface area contributed by atoms with Gasteiger partial charge in [-0.05, 0) is 12.2 Å². The van der Waals surface area contributed by atoms with Crippen molar-refractivity contribution in [1.29, 1.82) is 0 Å². The van der Waals surface area contributed by atoms with Crippen LogP contribution in [0, 0.1) is 0 Å². The third-order valence-corrected chi connectivity index (χ3v) is 2.06. The maximum absolute atomic E-state index is 5.33. The molecule has 2 unspecified atom stereocenters. The highest BCUT2D eigenvalue weighted by Crippen LogP contribution is 2.27. The Morgan fingerprint density at radius 3 is 3.11 bits per heavy atom. The van der Waals surface area contributed by atoms with Crippen molar-refractivity contribution in [3.63, 3.8) is 0 Å². The molecule has 0 bridgehead atoms. The number of hydrogen-bond donors (Lipinski definition) is 0. The zero-order valence-electron chi connectivity index (χ0n) is 5.00. The van der Waals surface area contributed by atoms with E-state index in [9.17, 15) is 0 Å². The number of ether oxygens (including phenoxy) is 2. The van der Waals surface area contributed by atoms with Crippen LogP contribution in [-0.2, 0) is 9.47 Å². The molecule has 0 aromatic heterocycles. The second-order valence-electron chi connectivity index (χ2n) is 2.43. The predicted molar refractivity (Wildman–Crippen MR) is 36.4 cm³/mol. The van der Waals surface area contributed by atoms with Crippen molar-refractivity contribution in [2.24, 2.45) is 0 Å². The van der Waals surface area contributed by atoms with Gasteiger partial charge in [0.25, 0.3) is 0 Å². The third kappa shape index (κ3) is 0.843. The molecule has 0 saturated carbocycles. The fraction of sp³-hybridized carbons (Fsp3) is 0.833. The lowest BCUT2D eigenvalue weighted by atomic mass is 10.2. The minimum Gasteiger partial charge on any atom is -0.481 e. The molecular formula is C6H8O2S. The summed E-state index contributed by atoms with van der Waals surface area (Å²) in [6, 6.07) is 0. The van der Waals surface area contributed by atoms with Gasteiger partial charge in [0.1, 0.15) is 12.2 Å². The largest absolute Gasteiger partial charge is 0.481 e. The Bertz CT molecular complexity index is 132. The summed E-state index contributed by atoms with van der Waals surface area (Å²) in [4.78, 5) is 0. The molecule has 2 heterocycles. The summed E-state index contributed by atoms with van der Waals surface area (Å²) >= 11 is 4.87. The lowest BCUT2D eigenvalue weighted by Gasteiger charge is -2.03. The number of hydrogen-bond acceptors (Lipinski definition) is 3. The fourth-order valence-corrected chi connectivity index (χ4v) is 1.62. The van der Waals surface area contributed by atoms with E-state index in [0.717, 1.165) is 24.5 Å². The molecule has 9 heavy (non-hydrogen) atoms. The Labute approximate surface area is 59.1 Å². The molecule has 0 radical (unpaired) electrons. The van der Waals surface area contributed by atoms with Crippen molar-refractivity contribution in [2.45, 2.75) is 25.0 Å². The van der Waals surface area contributed by atoms with Crippen LogP contribution >= 0.6 is 12.2 Å². The Morgan fingerprint density at radius 2 is 2.33 bits per heavy atom. The monoisotopic (exact) mass is 144 g/mol. The van der Waals surface area contributed by atoms with Crippen LogP contribution in [0.4, 0.5) is 0 Å². The summed E-state index contributed by atoms with van der Waals surface area (Å²) in [7, 11) is 0. The van der Waals surface area contributed by atoms with Gasteiger partial charge in [0, 0.05) is 12.8 Å². The number of fused-ring (bicyclic) bond motifs is 1. The minimum absolute atomic E-state index is 0.289. The van der Waals surface area contributed by atoms with Gasteiger partial charge >= 0.3 is 0 Å². The first kappa shape index (κ1) is 5.62. The van der Waals surface area contributed by atoms with Crippen molar-refractivity contribution in [2.75, 3.05) is 6.61 Å². The summed E-state index contributed by atoms with van der Waals surface area (Å²) in [6.45, 7) is 0.845. The summed E-state index contributed by atoms with van der Waals surface area (Å²) in [5.74, 6) is 0. The second kappa shape index (κ2) is 1.92. The summed E-state index contributed by atoms with van der Waals surface area (Å²) in [5, 5.41) is 0.727. The first-order chi connectivity index (χ1) is 4.36. The van der Waals surface area contributed by atoms with E-state index < -0.39 is 0 Å². The minimum atomic E-state index is 0.289. The van der Waals surface area contributed by atoms with Crippen LogP contribution in [0.3, 0.4) is 0 Å². The summed E-state index contributed by atoms with van der Waals surface area (Å²) in [5.41, 5.74) is 0. The maximum Gasteiger partial charge on any atom is 0.162 e. The van der Waals surface area contributed by atoms with Gasteiger partial charge in [-0.15, -0.1) is 0 Å². The fourth-order valence-electron chi connectivity index (χ4n) is 1.34. The van der Waals surface area contributed by atoms with Gasteiger partial charge < -0.3 is 9.47 Å². The van der Waals surface area contributed by atoms with E-state index >= 15 is 0 Å². The Hall–Kier alpha value is -0.150. The molecule has 0 aromatic rings. The average molecular weight is 144 g/mol. The normalized spacial score (nSPS) is 40.7.